The minimum atomic E-state index is -0.136. The number of nitrogens with one attached hydrogen (secondary N) is 1. The van der Waals surface area contributed by atoms with Gasteiger partial charge in [-0.3, -0.25) is 4.79 Å². The van der Waals surface area contributed by atoms with Crippen molar-refractivity contribution in [3.63, 3.8) is 0 Å². The van der Waals surface area contributed by atoms with Gasteiger partial charge in [0, 0.05) is 17.5 Å². The molecular formula is C18H19NO3S. The second-order valence-corrected chi connectivity index (χ2v) is 6.62. The zero-order valence-corrected chi connectivity index (χ0v) is 13.8. The van der Waals surface area contributed by atoms with Gasteiger partial charge in [0.05, 0.1) is 5.25 Å². The average Bonchev–Trinajstić information content (AvgIpc) is 2.60. The Balaban J connectivity index is 1.56. The number of rotatable bonds is 5. The first-order valence-electron chi connectivity index (χ1n) is 7.58. The number of hydrogen-bond acceptors (Lipinski definition) is 4. The first-order chi connectivity index (χ1) is 11.2. The molecule has 0 fully saturated rings. The summed E-state index contributed by atoms with van der Waals surface area (Å²) in [6.45, 7) is 3.01. The first-order valence-corrected chi connectivity index (χ1v) is 8.63. The van der Waals surface area contributed by atoms with E-state index in [-0.39, 0.29) is 11.2 Å². The molecule has 120 valence electrons. The predicted molar refractivity (Wildman–Crippen MR) is 93.3 cm³/mol. The molecule has 4 nitrogen and oxygen atoms in total. The van der Waals surface area contributed by atoms with Gasteiger partial charge in [-0.05, 0) is 24.6 Å². The molecule has 23 heavy (non-hydrogen) atoms. The third-order valence-electron chi connectivity index (χ3n) is 3.52. The molecule has 0 unspecified atom stereocenters. The molecule has 0 aliphatic carbocycles. The maximum Gasteiger partial charge on any atom is 0.237 e. The molecule has 1 heterocycles. The number of hydrogen-bond donors (Lipinski definition) is 1. The fourth-order valence-corrected chi connectivity index (χ4v) is 3.08. The van der Waals surface area contributed by atoms with Crippen molar-refractivity contribution >= 4 is 23.4 Å². The topological polar surface area (TPSA) is 47.6 Å². The average molecular weight is 329 g/mol. The van der Waals surface area contributed by atoms with Crippen molar-refractivity contribution in [3.05, 3.63) is 54.1 Å². The van der Waals surface area contributed by atoms with Crippen LogP contribution in [-0.4, -0.2) is 24.4 Å². The summed E-state index contributed by atoms with van der Waals surface area (Å²) in [5, 5.41) is 2.80. The van der Waals surface area contributed by atoms with Gasteiger partial charge in [0.2, 0.25) is 5.91 Å². The Kier molecular flexibility index (Phi) is 5.08. The molecule has 1 N–H and O–H groups in total. The van der Waals surface area contributed by atoms with Crippen LogP contribution in [0.1, 0.15) is 12.5 Å². The van der Waals surface area contributed by atoms with Gasteiger partial charge in [0.25, 0.3) is 0 Å². The van der Waals surface area contributed by atoms with Crippen molar-refractivity contribution in [2.45, 2.75) is 17.9 Å². The summed E-state index contributed by atoms with van der Waals surface area (Å²) in [5.74, 6) is 2.21. The summed E-state index contributed by atoms with van der Waals surface area (Å²) in [7, 11) is 0. The fourth-order valence-electron chi connectivity index (χ4n) is 2.24. The zero-order chi connectivity index (χ0) is 16.1. The van der Waals surface area contributed by atoms with E-state index >= 15 is 0 Å². The zero-order valence-electron chi connectivity index (χ0n) is 13.0. The second-order valence-electron chi connectivity index (χ2n) is 5.29. The van der Waals surface area contributed by atoms with Crippen LogP contribution in [0.15, 0.2) is 48.5 Å². The van der Waals surface area contributed by atoms with Crippen LogP contribution in [-0.2, 0) is 10.5 Å². The number of ether oxygens (including phenoxy) is 2. The van der Waals surface area contributed by atoms with Crippen LogP contribution in [0.3, 0.4) is 0 Å². The van der Waals surface area contributed by atoms with E-state index < -0.39 is 0 Å². The SMILES string of the molecule is C[C@@H](SCc1ccccc1)C(=O)Nc1ccc2c(c1)OCCO2. The molecule has 1 aliphatic rings. The standard InChI is InChI=1S/C18H19NO3S/c1-13(23-12-14-5-3-2-4-6-14)18(20)19-15-7-8-16-17(11-15)22-10-9-21-16/h2-8,11,13H,9-10,12H2,1H3,(H,19,20)/t13-/m1/s1. The van der Waals surface area contributed by atoms with E-state index in [0.717, 1.165) is 17.2 Å². The van der Waals surface area contributed by atoms with Gasteiger partial charge >= 0.3 is 0 Å². The quantitative estimate of drug-likeness (QED) is 0.908. The van der Waals surface area contributed by atoms with E-state index in [2.05, 4.69) is 17.4 Å². The molecule has 0 spiro atoms. The Morgan fingerprint density at radius 1 is 1.13 bits per heavy atom. The molecule has 1 atom stereocenters. The maximum atomic E-state index is 12.3. The number of carbonyl (C=O) groups is 1. The van der Waals surface area contributed by atoms with Crippen LogP contribution < -0.4 is 14.8 Å². The Morgan fingerprint density at radius 2 is 1.87 bits per heavy atom. The molecule has 0 bridgehead atoms. The van der Waals surface area contributed by atoms with Gasteiger partial charge < -0.3 is 14.8 Å². The Hall–Kier alpha value is -2.14. The normalized spacial score (nSPS) is 14.1. The number of amides is 1. The van der Waals surface area contributed by atoms with Gasteiger partial charge in [0.1, 0.15) is 13.2 Å². The number of anilines is 1. The summed E-state index contributed by atoms with van der Waals surface area (Å²) in [4.78, 5) is 12.3. The molecule has 0 saturated heterocycles. The lowest BCUT2D eigenvalue weighted by atomic mass is 10.2. The second kappa shape index (κ2) is 7.42. The Labute approximate surface area is 140 Å². The number of fused-ring (bicyclic) bond motifs is 1. The van der Waals surface area contributed by atoms with Gasteiger partial charge in [-0.25, -0.2) is 0 Å². The van der Waals surface area contributed by atoms with Crippen LogP contribution in [0.2, 0.25) is 0 Å². The highest BCUT2D eigenvalue weighted by Crippen LogP contribution is 2.32. The van der Waals surface area contributed by atoms with E-state index in [9.17, 15) is 4.79 Å². The third kappa shape index (κ3) is 4.20. The molecule has 3 rings (SSSR count). The highest BCUT2D eigenvalue weighted by Gasteiger charge is 2.16. The number of thioether (sulfide) groups is 1. The molecule has 1 aliphatic heterocycles. The van der Waals surface area contributed by atoms with Gasteiger partial charge in [-0.15, -0.1) is 11.8 Å². The van der Waals surface area contributed by atoms with Crippen molar-refractivity contribution < 1.29 is 14.3 Å². The smallest absolute Gasteiger partial charge is 0.237 e. The Morgan fingerprint density at radius 3 is 2.65 bits per heavy atom. The van der Waals surface area contributed by atoms with E-state index in [1.165, 1.54) is 5.56 Å². The van der Waals surface area contributed by atoms with Crippen LogP contribution in [0.5, 0.6) is 11.5 Å². The predicted octanol–water partition coefficient (Wildman–Crippen LogP) is 3.72. The molecule has 0 aromatic heterocycles. The van der Waals surface area contributed by atoms with E-state index in [0.29, 0.717) is 19.0 Å². The third-order valence-corrected chi connectivity index (χ3v) is 4.74. The summed E-state index contributed by atoms with van der Waals surface area (Å²) >= 11 is 1.62. The van der Waals surface area contributed by atoms with E-state index in [4.69, 9.17) is 9.47 Å². The largest absolute Gasteiger partial charge is 0.486 e. The lowest BCUT2D eigenvalue weighted by molar-refractivity contribution is -0.115. The van der Waals surface area contributed by atoms with Crippen LogP contribution >= 0.6 is 11.8 Å². The van der Waals surface area contributed by atoms with E-state index in [1.807, 2.05) is 37.3 Å². The van der Waals surface area contributed by atoms with Crippen LogP contribution in [0.25, 0.3) is 0 Å². The molecule has 0 radical (unpaired) electrons. The van der Waals surface area contributed by atoms with Gasteiger partial charge in [-0.2, -0.15) is 0 Å². The van der Waals surface area contributed by atoms with Gasteiger partial charge in [0.15, 0.2) is 11.5 Å². The molecule has 0 saturated carbocycles. The monoisotopic (exact) mass is 329 g/mol. The van der Waals surface area contributed by atoms with Crippen LogP contribution in [0.4, 0.5) is 5.69 Å². The lowest BCUT2D eigenvalue weighted by Gasteiger charge is -2.19. The number of benzene rings is 2. The number of carbonyl (C=O) groups excluding carboxylic acids is 1. The van der Waals surface area contributed by atoms with Crippen molar-refractivity contribution in [1.82, 2.24) is 0 Å². The van der Waals surface area contributed by atoms with Gasteiger partial charge in [-0.1, -0.05) is 30.3 Å². The van der Waals surface area contributed by atoms with Crippen molar-refractivity contribution in [2.75, 3.05) is 18.5 Å². The van der Waals surface area contributed by atoms with Crippen molar-refractivity contribution in [1.29, 1.82) is 0 Å². The molecular weight excluding hydrogens is 310 g/mol. The summed E-state index contributed by atoms with van der Waals surface area (Å²) in [6, 6.07) is 15.6. The van der Waals surface area contributed by atoms with Crippen molar-refractivity contribution in [2.24, 2.45) is 0 Å². The highest BCUT2D eigenvalue weighted by molar-refractivity contribution is 7.99. The Bertz CT molecular complexity index is 675. The van der Waals surface area contributed by atoms with Crippen molar-refractivity contribution in [3.8, 4) is 11.5 Å². The maximum absolute atomic E-state index is 12.3. The summed E-state index contributed by atoms with van der Waals surface area (Å²) in [6.07, 6.45) is 0. The summed E-state index contributed by atoms with van der Waals surface area (Å²) < 4.78 is 11.0. The minimum absolute atomic E-state index is 0.0115. The molecule has 2 aromatic rings. The fraction of sp³-hybridized carbons (Fsp3) is 0.278. The summed E-state index contributed by atoms with van der Waals surface area (Å²) in [5.41, 5.74) is 1.95. The highest BCUT2D eigenvalue weighted by atomic mass is 32.2. The molecule has 5 heteroatoms. The minimum Gasteiger partial charge on any atom is -0.486 e. The first kappa shape index (κ1) is 15.7. The molecule has 1 amide bonds. The van der Waals surface area contributed by atoms with E-state index in [1.54, 1.807) is 17.8 Å². The molecule has 2 aromatic carbocycles. The lowest BCUT2D eigenvalue weighted by Crippen LogP contribution is -2.23. The van der Waals surface area contributed by atoms with Crippen LogP contribution in [0, 0.1) is 0 Å².